The first-order valence-corrected chi connectivity index (χ1v) is 10.5. The van der Waals surface area contributed by atoms with Gasteiger partial charge in [0, 0.05) is 17.1 Å². The number of para-hydroxylation sites is 2. The van der Waals surface area contributed by atoms with Crippen LogP contribution in [0.2, 0.25) is 0 Å². The number of anilines is 3. The van der Waals surface area contributed by atoms with Gasteiger partial charge >= 0.3 is 0 Å². The lowest BCUT2D eigenvalue weighted by Gasteiger charge is -2.25. The number of nitrogens with zero attached hydrogens (tertiary/aromatic N) is 1. The third kappa shape index (κ3) is 5.88. The van der Waals surface area contributed by atoms with Crippen LogP contribution in [0.3, 0.4) is 0 Å². The van der Waals surface area contributed by atoms with Crippen LogP contribution in [0.1, 0.15) is 45.4 Å². The van der Waals surface area contributed by atoms with Crippen LogP contribution in [0.5, 0.6) is 5.75 Å². The zero-order valence-electron chi connectivity index (χ0n) is 16.9. The molecule has 0 amide bonds. The lowest BCUT2D eigenvalue weighted by Crippen LogP contribution is -2.09. The quantitative estimate of drug-likeness (QED) is 0.317. The van der Waals surface area contributed by atoms with Gasteiger partial charge in [-0.2, -0.15) is 0 Å². The van der Waals surface area contributed by atoms with Crippen molar-refractivity contribution >= 4 is 17.1 Å². The minimum Gasteiger partial charge on any atom is -0.494 e. The monoisotopic (exact) mass is 373 g/mol. The van der Waals surface area contributed by atoms with E-state index in [2.05, 4.69) is 84.6 Å². The van der Waals surface area contributed by atoms with Gasteiger partial charge in [-0.15, -0.1) is 0 Å². The molecule has 2 nitrogen and oxygen atoms in total. The highest BCUT2D eigenvalue weighted by Gasteiger charge is 2.11. The fourth-order valence-corrected chi connectivity index (χ4v) is 3.37. The van der Waals surface area contributed by atoms with Gasteiger partial charge in [-0.05, 0) is 55.0 Å². The van der Waals surface area contributed by atoms with E-state index in [0.29, 0.717) is 0 Å². The maximum atomic E-state index is 5.94. The molecule has 0 atom stereocenters. The predicted octanol–water partition coefficient (Wildman–Crippen LogP) is 7.90. The molecule has 0 fully saturated rings. The van der Waals surface area contributed by atoms with Crippen molar-refractivity contribution in [3.05, 3.63) is 84.9 Å². The summed E-state index contributed by atoms with van der Waals surface area (Å²) in [6.45, 7) is 3.05. The minimum absolute atomic E-state index is 0.798. The topological polar surface area (TPSA) is 12.5 Å². The van der Waals surface area contributed by atoms with E-state index in [9.17, 15) is 0 Å². The summed E-state index contributed by atoms with van der Waals surface area (Å²) in [5, 5.41) is 0. The molecule has 0 unspecified atom stereocenters. The lowest BCUT2D eigenvalue weighted by molar-refractivity contribution is 0.304. The van der Waals surface area contributed by atoms with Crippen LogP contribution < -0.4 is 9.64 Å². The molecule has 0 heterocycles. The Bertz CT molecular complexity index is 744. The summed E-state index contributed by atoms with van der Waals surface area (Å²) in [5.41, 5.74) is 3.42. The summed E-state index contributed by atoms with van der Waals surface area (Å²) in [6, 6.07) is 29.3. The van der Waals surface area contributed by atoms with Crippen LogP contribution >= 0.6 is 0 Å². The van der Waals surface area contributed by atoms with E-state index in [1.165, 1.54) is 32.1 Å². The summed E-state index contributed by atoms with van der Waals surface area (Å²) in [6.07, 6.45) is 7.70. The number of hydrogen-bond acceptors (Lipinski definition) is 2. The van der Waals surface area contributed by atoms with Crippen molar-refractivity contribution in [3.63, 3.8) is 0 Å². The maximum Gasteiger partial charge on any atom is 0.119 e. The normalized spacial score (nSPS) is 10.6. The van der Waals surface area contributed by atoms with E-state index in [0.717, 1.165) is 35.8 Å². The van der Waals surface area contributed by atoms with Crippen molar-refractivity contribution in [1.82, 2.24) is 0 Å². The van der Waals surface area contributed by atoms with Crippen LogP contribution in [-0.2, 0) is 0 Å². The molecule has 0 spiro atoms. The summed E-state index contributed by atoms with van der Waals surface area (Å²) in [4.78, 5) is 2.26. The van der Waals surface area contributed by atoms with Gasteiger partial charge in [0.2, 0.25) is 0 Å². The summed E-state index contributed by atoms with van der Waals surface area (Å²) in [7, 11) is 0. The van der Waals surface area contributed by atoms with Gasteiger partial charge in [0.05, 0.1) is 6.61 Å². The summed E-state index contributed by atoms with van der Waals surface area (Å²) >= 11 is 0. The molecule has 146 valence electrons. The Morgan fingerprint density at radius 2 is 1.07 bits per heavy atom. The Morgan fingerprint density at radius 1 is 0.571 bits per heavy atom. The molecule has 0 saturated heterocycles. The Balaban J connectivity index is 1.63. The number of hydrogen-bond donors (Lipinski definition) is 0. The highest BCUT2D eigenvalue weighted by Crippen LogP contribution is 2.34. The molecule has 3 aromatic carbocycles. The van der Waals surface area contributed by atoms with E-state index < -0.39 is 0 Å². The zero-order chi connectivity index (χ0) is 19.4. The molecule has 0 aliphatic heterocycles. The Morgan fingerprint density at radius 3 is 1.64 bits per heavy atom. The van der Waals surface area contributed by atoms with Gasteiger partial charge in [0.1, 0.15) is 5.75 Å². The Kier molecular flexibility index (Phi) is 7.99. The van der Waals surface area contributed by atoms with Crippen LogP contribution in [0, 0.1) is 0 Å². The van der Waals surface area contributed by atoms with Crippen molar-refractivity contribution in [2.75, 3.05) is 11.5 Å². The average Bonchev–Trinajstić information content (AvgIpc) is 2.76. The molecule has 28 heavy (non-hydrogen) atoms. The van der Waals surface area contributed by atoms with Gasteiger partial charge in [-0.1, -0.05) is 75.4 Å². The third-order valence-electron chi connectivity index (χ3n) is 4.89. The first kappa shape index (κ1) is 20.0. The van der Waals surface area contributed by atoms with Crippen LogP contribution in [-0.4, -0.2) is 6.61 Å². The first-order valence-electron chi connectivity index (χ1n) is 10.5. The summed E-state index contributed by atoms with van der Waals surface area (Å²) < 4.78 is 5.94. The number of ether oxygens (including phenoxy) is 1. The van der Waals surface area contributed by atoms with E-state index >= 15 is 0 Å². The molecule has 0 bridgehead atoms. The standard InChI is InChI=1S/C26H31NO/c1-2-3-4-5-6-13-22-28-26-20-18-25(19-21-26)27(23-14-9-7-10-15-23)24-16-11-8-12-17-24/h7-12,14-21H,2-6,13,22H2,1H3. The molecule has 0 aliphatic rings. The van der Waals surface area contributed by atoms with Crippen LogP contribution in [0.15, 0.2) is 84.9 Å². The molecule has 0 N–H and O–H groups in total. The second-order valence-electron chi connectivity index (χ2n) is 7.12. The molecule has 3 rings (SSSR count). The van der Waals surface area contributed by atoms with Gasteiger partial charge in [-0.25, -0.2) is 0 Å². The molecule has 2 heteroatoms. The molecule has 0 aliphatic carbocycles. The predicted molar refractivity (Wildman–Crippen MR) is 120 cm³/mol. The highest BCUT2D eigenvalue weighted by molar-refractivity contribution is 5.76. The average molecular weight is 374 g/mol. The van der Waals surface area contributed by atoms with E-state index in [4.69, 9.17) is 4.74 Å². The SMILES string of the molecule is CCCCCCCCOc1ccc(N(c2ccccc2)c2ccccc2)cc1. The van der Waals surface area contributed by atoms with Crippen molar-refractivity contribution < 1.29 is 4.74 Å². The first-order chi connectivity index (χ1) is 13.9. The fraction of sp³-hybridized carbons (Fsp3) is 0.308. The van der Waals surface area contributed by atoms with Crippen molar-refractivity contribution in [1.29, 1.82) is 0 Å². The molecule has 0 aromatic heterocycles. The number of rotatable bonds is 11. The Hall–Kier alpha value is -2.74. The maximum absolute atomic E-state index is 5.94. The van der Waals surface area contributed by atoms with Gasteiger partial charge in [0.25, 0.3) is 0 Å². The molecular formula is C26H31NO. The largest absolute Gasteiger partial charge is 0.494 e. The minimum atomic E-state index is 0.798. The smallest absolute Gasteiger partial charge is 0.119 e. The third-order valence-corrected chi connectivity index (χ3v) is 4.89. The second kappa shape index (κ2) is 11.2. The van der Waals surface area contributed by atoms with Gasteiger partial charge < -0.3 is 9.64 Å². The zero-order valence-corrected chi connectivity index (χ0v) is 16.9. The summed E-state index contributed by atoms with van der Waals surface area (Å²) in [5.74, 6) is 0.943. The van der Waals surface area contributed by atoms with Crippen molar-refractivity contribution in [2.45, 2.75) is 45.4 Å². The van der Waals surface area contributed by atoms with Crippen molar-refractivity contribution in [3.8, 4) is 5.75 Å². The van der Waals surface area contributed by atoms with Crippen LogP contribution in [0.25, 0.3) is 0 Å². The molecule has 3 aromatic rings. The van der Waals surface area contributed by atoms with Crippen LogP contribution in [0.4, 0.5) is 17.1 Å². The molecule has 0 radical (unpaired) electrons. The number of unbranched alkanes of at least 4 members (excludes halogenated alkanes) is 5. The molecular weight excluding hydrogens is 342 g/mol. The van der Waals surface area contributed by atoms with E-state index in [1.807, 2.05) is 12.1 Å². The fourth-order valence-electron chi connectivity index (χ4n) is 3.37. The van der Waals surface area contributed by atoms with E-state index in [-0.39, 0.29) is 0 Å². The van der Waals surface area contributed by atoms with Crippen molar-refractivity contribution in [2.24, 2.45) is 0 Å². The highest BCUT2D eigenvalue weighted by atomic mass is 16.5. The molecule has 0 saturated carbocycles. The second-order valence-corrected chi connectivity index (χ2v) is 7.12. The number of benzene rings is 3. The van der Waals surface area contributed by atoms with Gasteiger partial charge in [-0.3, -0.25) is 0 Å². The lowest BCUT2D eigenvalue weighted by atomic mass is 10.1. The van der Waals surface area contributed by atoms with E-state index in [1.54, 1.807) is 0 Å². The Labute approximate surface area is 169 Å². The van der Waals surface area contributed by atoms with Gasteiger partial charge in [0.15, 0.2) is 0 Å².